The van der Waals surface area contributed by atoms with Crippen molar-refractivity contribution in [2.45, 2.75) is 25.6 Å². The van der Waals surface area contributed by atoms with E-state index in [9.17, 15) is 23.1 Å². The second-order valence-corrected chi connectivity index (χ2v) is 6.54. The molecule has 1 saturated heterocycles. The van der Waals surface area contributed by atoms with Crippen molar-refractivity contribution in [2.24, 2.45) is 4.99 Å². The van der Waals surface area contributed by atoms with Crippen LogP contribution < -0.4 is 16.0 Å². The van der Waals surface area contributed by atoms with Gasteiger partial charge < -0.3 is 21.1 Å². The molecule has 1 aromatic rings. The Bertz CT molecular complexity index is 670. The minimum absolute atomic E-state index is 0. The van der Waals surface area contributed by atoms with Gasteiger partial charge in [-0.15, -0.1) is 24.0 Å². The molecule has 0 radical (unpaired) electrons. The zero-order chi connectivity index (χ0) is 20.6. The number of carbonyl (C=O) groups is 1. The quantitative estimate of drug-likeness (QED) is 0.188. The highest BCUT2D eigenvalue weighted by Crippen LogP contribution is 2.19. The van der Waals surface area contributed by atoms with Crippen LogP contribution in [0.1, 0.15) is 23.7 Å². The van der Waals surface area contributed by atoms with E-state index in [0.29, 0.717) is 50.7 Å². The van der Waals surface area contributed by atoms with E-state index in [4.69, 9.17) is 0 Å². The third-order valence-corrected chi connectivity index (χ3v) is 4.16. The van der Waals surface area contributed by atoms with Crippen LogP contribution in [0.4, 0.5) is 13.2 Å². The molecule has 1 aromatic carbocycles. The Morgan fingerprint density at radius 2 is 1.97 bits per heavy atom. The van der Waals surface area contributed by atoms with Crippen LogP contribution in [0.15, 0.2) is 29.3 Å². The molecular formula is C18H27F3IN5O2. The van der Waals surface area contributed by atoms with Gasteiger partial charge in [-0.1, -0.05) is 0 Å². The zero-order valence-corrected chi connectivity index (χ0v) is 18.5. The summed E-state index contributed by atoms with van der Waals surface area (Å²) in [6.07, 6.45) is -3.58. The number of aromatic hydroxyl groups is 1. The highest BCUT2D eigenvalue weighted by molar-refractivity contribution is 14.0. The van der Waals surface area contributed by atoms with Crippen LogP contribution in [0, 0.1) is 0 Å². The number of alkyl halides is 3. The van der Waals surface area contributed by atoms with Gasteiger partial charge in [-0.2, -0.15) is 13.2 Å². The van der Waals surface area contributed by atoms with Crippen molar-refractivity contribution in [1.82, 2.24) is 20.9 Å². The summed E-state index contributed by atoms with van der Waals surface area (Å²) in [5.41, 5.74) is 0.433. The third-order valence-electron chi connectivity index (χ3n) is 4.16. The minimum Gasteiger partial charge on any atom is -0.508 e. The first-order chi connectivity index (χ1) is 13.3. The largest absolute Gasteiger partial charge is 0.508 e. The van der Waals surface area contributed by atoms with Gasteiger partial charge in [0.05, 0.1) is 13.1 Å². The molecular weight excluding hydrogens is 502 g/mol. The number of likely N-dealkylation sites (tertiary alicyclic amines) is 1. The lowest BCUT2D eigenvalue weighted by atomic mass is 10.2. The number of halogens is 4. The van der Waals surface area contributed by atoms with Crippen LogP contribution in [0.25, 0.3) is 0 Å². The van der Waals surface area contributed by atoms with Crippen molar-refractivity contribution >= 4 is 35.8 Å². The summed E-state index contributed by atoms with van der Waals surface area (Å²) in [6, 6.07) is 5.80. The topological polar surface area (TPSA) is 89.0 Å². The molecule has 0 saturated carbocycles. The molecule has 1 aliphatic heterocycles. The van der Waals surface area contributed by atoms with Gasteiger partial charge in [0.15, 0.2) is 5.96 Å². The van der Waals surface area contributed by atoms with Crippen molar-refractivity contribution in [3.05, 3.63) is 29.8 Å². The number of guanidine groups is 1. The van der Waals surface area contributed by atoms with Crippen LogP contribution in [0.3, 0.4) is 0 Å². The molecule has 1 unspecified atom stereocenters. The lowest BCUT2D eigenvalue weighted by molar-refractivity contribution is -0.143. The van der Waals surface area contributed by atoms with Crippen molar-refractivity contribution < 1.29 is 23.1 Å². The normalized spacial score (nSPS) is 17.5. The van der Waals surface area contributed by atoms with Crippen LogP contribution in [-0.4, -0.2) is 73.4 Å². The van der Waals surface area contributed by atoms with E-state index in [0.717, 1.165) is 0 Å². The molecule has 1 heterocycles. The molecule has 1 aliphatic rings. The molecule has 1 atom stereocenters. The van der Waals surface area contributed by atoms with E-state index >= 15 is 0 Å². The number of hydrogen-bond donors (Lipinski definition) is 4. The van der Waals surface area contributed by atoms with Gasteiger partial charge in [-0.25, -0.2) is 0 Å². The van der Waals surface area contributed by atoms with Crippen LogP contribution in [-0.2, 0) is 0 Å². The fraction of sp³-hybridized carbons (Fsp3) is 0.556. The molecule has 4 N–H and O–H groups in total. The van der Waals surface area contributed by atoms with E-state index in [1.807, 2.05) is 6.92 Å². The Morgan fingerprint density at radius 1 is 1.28 bits per heavy atom. The first kappa shape index (κ1) is 25.3. The fourth-order valence-corrected chi connectivity index (χ4v) is 2.91. The molecule has 0 aromatic heterocycles. The second-order valence-electron chi connectivity index (χ2n) is 6.54. The molecule has 2 rings (SSSR count). The number of hydrogen-bond acceptors (Lipinski definition) is 4. The molecule has 7 nitrogen and oxygen atoms in total. The van der Waals surface area contributed by atoms with Crippen molar-refractivity contribution in [3.8, 4) is 5.75 Å². The summed E-state index contributed by atoms with van der Waals surface area (Å²) in [5, 5.41) is 18.2. The summed E-state index contributed by atoms with van der Waals surface area (Å²) >= 11 is 0. The maximum absolute atomic E-state index is 12.5. The first-order valence-corrected chi connectivity index (χ1v) is 9.18. The highest BCUT2D eigenvalue weighted by Gasteiger charge is 2.34. The summed E-state index contributed by atoms with van der Waals surface area (Å²) in [4.78, 5) is 17.7. The Hall–Kier alpha value is -1.76. The van der Waals surface area contributed by atoms with E-state index in [1.165, 1.54) is 29.2 Å². The Balaban J connectivity index is 0.00000420. The second kappa shape index (κ2) is 12.1. The molecule has 29 heavy (non-hydrogen) atoms. The SMILES string of the molecule is CCNC(=NCCNC(=O)c1ccc(O)cc1)NC1CCN(CC(F)(F)F)C1.I. The monoisotopic (exact) mass is 529 g/mol. The average Bonchev–Trinajstić information content (AvgIpc) is 3.04. The number of phenolic OH excluding ortho intramolecular Hbond substituents is 1. The van der Waals surface area contributed by atoms with Crippen molar-refractivity contribution in [3.63, 3.8) is 0 Å². The standard InChI is InChI=1S/C18H26F3N5O2.HI/c1-2-22-17(25-14-7-10-26(11-14)12-18(19,20)21)24-9-8-23-16(28)13-3-5-15(27)6-4-13;/h3-6,14,27H,2,7-12H2,1H3,(H,23,28)(H2,22,24,25);1H. The van der Waals surface area contributed by atoms with Crippen molar-refractivity contribution in [2.75, 3.05) is 39.3 Å². The number of benzene rings is 1. The fourth-order valence-electron chi connectivity index (χ4n) is 2.91. The number of aliphatic imine (C=N–C) groups is 1. The lowest BCUT2D eigenvalue weighted by Gasteiger charge is -2.19. The highest BCUT2D eigenvalue weighted by atomic mass is 127. The number of phenols is 1. The Kier molecular flexibility index (Phi) is 10.5. The molecule has 0 aliphatic carbocycles. The predicted molar refractivity (Wildman–Crippen MR) is 116 cm³/mol. The van der Waals surface area contributed by atoms with Crippen LogP contribution in [0.5, 0.6) is 5.75 Å². The summed E-state index contributed by atoms with van der Waals surface area (Å²) < 4.78 is 37.5. The average molecular weight is 529 g/mol. The molecule has 0 spiro atoms. The number of carbonyl (C=O) groups excluding carboxylic acids is 1. The van der Waals surface area contributed by atoms with Gasteiger partial charge in [-0.05, 0) is 37.6 Å². The minimum atomic E-state index is -4.19. The molecule has 1 amide bonds. The van der Waals surface area contributed by atoms with Gasteiger partial charge >= 0.3 is 6.18 Å². The molecule has 164 valence electrons. The van der Waals surface area contributed by atoms with Gasteiger partial charge in [0.2, 0.25) is 0 Å². The van der Waals surface area contributed by atoms with E-state index in [2.05, 4.69) is 20.9 Å². The van der Waals surface area contributed by atoms with E-state index in [1.54, 1.807) is 0 Å². The number of rotatable bonds is 7. The number of amides is 1. The van der Waals surface area contributed by atoms with Gasteiger partial charge in [0.1, 0.15) is 5.75 Å². The summed E-state index contributed by atoms with van der Waals surface area (Å²) in [6.45, 7) is 2.93. The van der Waals surface area contributed by atoms with Gasteiger partial charge in [0.25, 0.3) is 5.91 Å². The van der Waals surface area contributed by atoms with E-state index in [-0.39, 0.29) is 41.7 Å². The van der Waals surface area contributed by atoms with Crippen molar-refractivity contribution in [1.29, 1.82) is 0 Å². The smallest absolute Gasteiger partial charge is 0.401 e. The van der Waals surface area contributed by atoms with E-state index < -0.39 is 12.7 Å². The molecule has 11 heteroatoms. The zero-order valence-electron chi connectivity index (χ0n) is 16.1. The van der Waals surface area contributed by atoms with Crippen LogP contribution in [0.2, 0.25) is 0 Å². The summed E-state index contributed by atoms with van der Waals surface area (Å²) in [7, 11) is 0. The summed E-state index contributed by atoms with van der Waals surface area (Å²) in [5.74, 6) is 0.329. The maximum Gasteiger partial charge on any atom is 0.401 e. The molecule has 0 bridgehead atoms. The maximum atomic E-state index is 12.5. The Labute approximate surface area is 185 Å². The van der Waals surface area contributed by atoms with Gasteiger partial charge in [-0.3, -0.25) is 14.7 Å². The molecule has 1 fully saturated rings. The number of nitrogens with one attached hydrogen (secondary N) is 3. The van der Waals surface area contributed by atoms with Gasteiger partial charge in [0, 0.05) is 37.8 Å². The first-order valence-electron chi connectivity index (χ1n) is 9.18. The third kappa shape index (κ3) is 9.52. The number of nitrogens with zero attached hydrogens (tertiary/aromatic N) is 2. The van der Waals surface area contributed by atoms with Crippen LogP contribution >= 0.6 is 24.0 Å². The predicted octanol–water partition coefficient (Wildman–Crippen LogP) is 1.93. The Morgan fingerprint density at radius 3 is 2.59 bits per heavy atom. The lowest BCUT2D eigenvalue weighted by Crippen LogP contribution is -2.45.